The summed E-state index contributed by atoms with van der Waals surface area (Å²) in [6, 6.07) is 4.09. The molecule has 2 nitrogen and oxygen atoms in total. The molecule has 1 rings (SSSR count). The summed E-state index contributed by atoms with van der Waals surface area (Å²) >= 11 is 0. The number of rotatable bonds is 2. The Morgan fingerprint density at radius 2 is 1.56 bits per heavy atom. The van der Waals surface area contributed by atoms with Crippen LogP contribution in [0.3, 0.4) is 0 Å². The van der Waals surface area contributed by atoms with Crippen molar-refractivity contribution < 1.29 is 9.53 Å². The average Bonchev–Trinajstić information content (AvgIpc) is 2.24. The Kier molecular flexibility index (Phi) is 3.89. The molecule has 2 heteroatoms. The molecule has 1 aromatic rings. The minimum atomic E-state index is -0.0512. The lowest BCUT2D eigenvalue weighted by molar-refractivity contribution is 0.112. The molecule has 0 radical (unpaired) electrons. The Morgan fingerprint density at radius 1 is 1.00 bits per heavy atom. The minimum absolute atomic E-state index is 0.0179. The summed E-state index contributed by atoms with van der Waals surface area (Å²) in [6.07, 6.45) is 0.878. The Morgan fingerprint density at radius 3 is 1.89 bits per heavy atom. The van der Waals surface area contributed by atoms with E-state index in [4.69, 9.17) is 4.74 Å². The van der Waals surface area contributed by atoms with E-state index in [1.54, 1.807) is 7.11 Å². The van der Waals surface area contributed by atoms with Gasteiger partial charge < -0.3 is 4.74 Å². The number of methoxy groups -OCH3 is 1. The summed E-state index contributed by atoms with van der Waals surface area (Å²) < 4.78 is 5.43. The summed E-state index contributed by atoms with van der Waals surface area (Å²) in [5.74, 6) is 0.700. The molecule has 0 aliphatic carbocycles. The lowest BCUT2D eigenvalue weighted by atomic mass is 9.79. The van der Waals surface area contributed by atoms with Crippen molar-refractivity contribution in [2.24, 2.45) is 0 Å². The van der Waals surface area contributed by atoms with Gasteiger partial charge in [0.1, 0.15) is 5.75 Å². The molecule has 0 saturated carbocycles. The second kappa shape index (κ2) is 4.75. The van der Waals surface area contributed by atoms with Crippen LogP contribution in [-0.4, -0.2) is 13.4 Å². The zero-order valence-corrected chi connectivity index (χ0v) is 12.5. The van der Waals surface area contributed by atoms with E-state index in [-0.39, 0.29) is 10.8 Å². The van der Waals surface area contributed by atoms with E-state index in [0.29, 0.717) is 11.3 Å². The largest absolute Gasteiger partial charge is 0.496 e. The number of hydrogen-bond acceptors (Lipinski definition) is 2. The highest BCUT2D eigenvalue weighted by Crippen LogP contribution is 2.37. The first kappa shape index (κ1) is 14.7. The van der Waals surface area contributed by atoms with E-state index in [9.17, 15) is 4.79 Å². The maximum absolute atomic E-state index is 11.3. The second-order valence-electron chi connectivity index (χ2n) is 6.76. The van der Waals surface area contributed by atoms with Crippen molar-refractivity contribution in [1.82, 2.24) is 0 Å². The van der Waals surface area contributed by atoms with Gasteiger partial charge in [0.05, 0.1) is 12.7 Å². The van der Waals surface area contributed by atoms with E-state index in [2.05, 4.69) is 47.6 Å². The summed E-state index contributed by atoms with van der Waals surface area (Å²) in [7, 11) is 1.62. The normalized spacial score (nSPS) is 12.4. The molecule has 0 heterocycles. The predicted octanol–water partition coefficient (Wildman–Crippen LogP) is 4.10. The van der Waals surface area contributed by atoms with E-state index in [0.717, 1.165) is 17.4 Å². The van der Waals surface area contributed by atoms with E-state index in [1.165, 1.54) is 0 Å². The summed E-state index contributed by atoms with van der Waals surface area (Å²) in [4.78, 5) is 11.3. The molecule has 0 amide bonds. The molecule has 18 heavy (non-hydrogen) atoms. The van der Waals surface area contributed by atoms with Gasteiger partial charge in [-0.15, -0.1) is 0 Å². The van der Waals surface area contributed by atoms with Crippen molar-refractivity contribution in [3.8, 4) is 5.75 Å². The molecule has 0 N–H and O–H groups in total. The van der Waals surface area contributed by atoms with Gasteiger partial charge in [-0.3, -0.25) is 4.79 Å². The highest BCUT2D eigenvalue weighted by Gasteiger charge is 2.25. The molecule has 0 bridgehead atoms. The topological polar surface area (TPSA) is 26.3 Å². The van der Waals surface area contributed by atoms with Crippen molar-refractivity contribution in [3.05, 3.63) is 28.8 Å². The van der Waals surface area contributed by atoms with Crippen LogP contribution in [0.4, 0.5) is 0 Å². The number of carbonyl (C=O) groups excluding carboxylic acids is 1. The van der Waals surface area contributed by atoms with Crippen LogP contribution in [0, 0.1) is 0 Å². The fourth-order valence-corrected chi connectivity index (χ4v) is 1.96. The maximum atomic E-state index is 11.3. The Hall–Kier alpha value is -1.31. The van der Waals surface area contributed by atoms with Crippen LogP contribution in [0.2, 0.25) is 0 Å². The lowest BCUT2D eigenvalue weighted by Gasteiger charge is -2.27. The van der Waals surface area contributed by atoms with Crippen molar-refractivity contribution in [2.45, 2.75) is 52.4 Å². The minimum Gasteiger partial charge on any atom is -0.496 e. The lowest BCUT2D eigenvalue weighted by Crippen LogP contribution is -2.18. The van der Waals surface area contributed by atoms with Gasteiger partial charge in [-0.2, -0.15) is 0 Å². The fourth-order valence-electron chi connectivity index (χ4n) is 1.96. The fraction of sp³-hybridized carbons (Fsp3) is 0.562. The molecule has 0 atom stereocenters. The molecule has 0 aromatic heterocycles. The number of aldehydes is 1. The third-order valence-electron chi connectivity index (χ3n) is 3.12. The number of hydrogen-bond donors (Lipinski definition) is 0. The molecule has 0 saturated heterocycles. The van der Waals surface area contributed by atoms with Crippen molar-refractivity contribution >= 4 is 6.29 Å². The smallest absolute Gasteiger partial charge is 0.153 e. The van der Waals surface area contributed by atoms with E-state index < -0.39 is 0 Å². The molecular weight excluding hydrogens is 224 g/mol. The zero-order valence-electron chi connectivity index (χ0n) is 12.5. The quantitative estimate of drug-likeness (QED) is 0.736. The van der Waals surface area contributed by atoms with Gasteiger partial charge in [0.15, 0.2) is 6.29 Å². The monoisotopic (exact) mass is 248 g/mol. The SMILES string of the molecule is COc1c(C=O)cc(C(C)(C)C)cc1C(C)(C)C. The van der Waals surface area contributed by atoms with Crippen LogP contribution in [0.25, 0.3) is 0 Å². The number of ether oxygens (including phenoxy) is 1. The standard InChI is InChI=1S/C16H24O2/c1-15(2,3)12-8-11(10-17)14(18-7)13(9-12)16(4,5)6/h8-10H,1-7H3. The molecule has 0 fully saturated rings. The molecule has 0 aliphatic rings. The molecule has 100 valence electrons. The summed E-state index contributed by atoms with van der Waals surface area (Å²) in [6.45, 7) is 12.8. The van der Waals surface area contributed by atoms with Crippen LogP contribution in [0.5, 0.6) is 5.75 Å². The van der Waals surface area contributed by atoms with Gasteiger partial charge >= 0.3 is 0 Å². The van der Waals surface area contributed by atoms with Gasteiger partial charge in [0, 0.05) is 5.56 Å². The van der Waals surface area contributed by atoms with Crippen LogP contribution in [0.15, 0.2) is 12.1 Å². The summed E-state index contributed by atoms with van der Waals surface area (Å²) in [5.41, 5.74) is 2.85. The molecule has 0 unspecified atom stereocenters. The third-order valence-corrected chi connectivity index (χ3v) is 3.12. The first-order valence-corrected chi connectivity index (χ1v) is 6.29. The van der Waals surface area contributed by atoms with Gasteiger partial charge in [-0.25, -0.2) is 0 Å². The first-order valence-electron chi connectivity index (χ1n) is 6.29. The number of benzene rings is 1. The van der Waals surface area contributed by atoms with Crippen LogP contribution < -0.4 is 4.74 Å². The van der Waals surface area contributed by atoms with Crippen molar-refractivity contribution in [3.63, 3.8) is 0 Å². The van der Waals surface area contributed by atoms with E-state index in [1.807, 2.05) is 6.07 Å². The maximum Gasteiger partial charge on any atom is 0.153 e. The first-order chi connectivity index (χ1) is 8.11. The zero-order chi connectivity index (χ0) is 14.1. The van der Waals surface area contributed by atoms with Crippen LogP contribution in [-0.2, 0) is 10.8 Å². The third kappa shape index (κ3) is 2.92. The molecule has 0 aliphatic heterocycles. The Bertz CT molecular complexity index is 445. The Labute approximate surface area is 110 Å². The Balaban J connectivity index is 3.62. The molecule has 0 spiro atoms. The molecule has 1 aromatic carbocycles. The highest BCUT2D eigenvalue weighted by molar-refractivity contribution is 5.81. The second-order valence-corrected chi connectivity index (χ2v) is 6.76. The summed E-state index contributed by atoms with van der Waals surface area (Å²) in [5, 5.41) is 0. The van der Waals surface area contributed by atoms with Crippen molar-refractivity contribution in [1.29, 1.82) is 0 Å². The van der Waals surface area contributed by atoms with Gasteiger partial charge in [0.25, 0.3) is 0 Å². The van der Waals surface area contributed by atoms with Gasteiger partial charge in [-0.05, 0) is 22.5 Å². The van der Waals surface area contributed by atoms with Crippen molar-refractivity contribution in [2.75, 3.05) is 7.11 Å². The van der Waals surface area contributed by atoms with Crippen LogP contribution in [0.1, 0.15) is 63.0 Å². The number of carbonyl (C=O) groups is 1. The molecular formula is C16H24O2. The highest BCUT2D eigenvalue weighted by atomic mass is 16.5. The predicted molar refractivity (Wildman–Crippen MR) is 75.8 cm³/mol. The van der Waals surface area contributed by atoms with Gasteiger partial charge in [-0.1, -0.05) is 47.6 Å². The average molecular weight is 248 g/mol. The van der Waals surface area contributed by atoms with Crippen LogP contribution >= 0.6 is 0 Å². The van der Waals surface area contributed by atoms with Gasteiger partial charge in [0.2, 0.25) is 0 Å². The van der Waals surface area contributed by atoms with E-state index >= 15 is 0 Å².